The van der Waals surface area contributed by atoms with Crippen molar-refractivity contribution in [2.45, 2.75) is 25.9 Å². The van der Waals surface area contributed by atoms with Crippen LogP contribution >= 0.6 is 0 Å². The van der Waals surface area contributed by atoms with Crippen molar-refractivity contribution in [3.63, 3.8) is 0 Å². The van der Waals surface area contributed by atoms with Gasteiger partial charge in [0.2, 0.25) is 0 Å². The Kier molecular flexibility index (Phi) is 4.94. The maximum absolute atomic E-state index is 10.2. The Labute approximate surface area is 61.8 Å². The van der Waals surface area contributed by atoms with Crippen molar-refractivity contribution in [3.05, 3.63) is 0 Å². The topological polar surface area (TPSA) is 38.3 Å². The molecule has 0 saturated carbocycles. The summed E-state index contributed by atoms with van der Waals surface area (Å²) >= 11 is 0. The molecular formula is C7H15NO2. The Morgan fingerprint density at radius 1 is 1.60 bits per heavy atom. The molecule has 0 aliphatic carbocycles. The molecule has 1 atom stereocenters. The number of rotatable bonds is 0. The smallest absolute Gasteiger partial charge is 0.306 e. The highest BCUT2D eigenvalue weighted by Gasteiger charge is 2.17. The van der Waals surface area contributed by atoms with E-state index in [9.17, 15) is 4.79 Å². The quantitative estimate of drug-likeness (QED) is 0.506. The van der Waals surface area contributed by atoms with Crippen LogP contribution in [0, 0.1) is 0 Å². The van der Waals surface area contributed by atoms with E-state index < -0.39 is 0 Å². The minimum absolute atomic E-state index is 0.0486. The van der Waals surface area contributed by atoms with Crippen molar-refractivity contribution in [1.82, 2.24) is 5.32 Å². The second kappa shape index (κ2) is 5.23. The van der Waals surface area contributed by atoms with Gasteiger partial charge < -0.3 is 10.1 Å². The lowest BCUT2D eigenvalue weighted by Gasteiger charge is -1.95. The zero-order valence-electron chi connectivity index (χ0n) is 6.81. The summed E-state index contributed by atoms with van der Waals surface area (Å²) < 4.78 is 4.72. The van der Waals surface area contributed by atoms with E-state index in [1.165, 1.54) is 0 Å². The number of ether oxygens (including phenoxy) is 1. The van der Waals surface area contributed by atoms with Crippen LogP contribution in [0.2, 0.25) is 0 Å². The van der Waals surface area contributed by atoms with Gasteiger partial charge in [-0.25, -0.2) is 0 Å². The fourth-order valence-corrected chi connectivity index (χ4v) is 0.663. The molecule has 10 heavy (non-hydrogen) atoms. The van der Waals surface area contributed by atoms with Crippen LogP contribution in [0.15, 0.2) is 0 Å². The third-order valence-corrected chi connectivity index (χ3v) is 1.09. The zero-order valence-corrected chi connectivity index (χ0v) is 6.81. The van der Waals surface area contributed by atoms with E-state index >= 15 is 0 Å². The molecule has 3 nitrogen and oxygen atoms in total. The SMILES string of the molecule is CC1CCC(=O)O1.CNC. The van der Waals surface area contributed by atoms with Gasteiger partial charge in [0.25, 0.3) is 0 Å². The fourth-order valence-electron chi connectivity index (χ4n) is 0.663. The van der Waals surface area contributed by atoms with Crippen LogP contribution in [0.1, 0.15) is 19.8 Å². The van der Waals surface area contributed by atoms with Crippen molar-refractivity contribution in [3.8, 4) is 0 Å². The summed E-state index contributed by atoms with van der Waals surface area (Å²) in [5.74, 6) is -0.0486. The van der Waals surface area contributed by atoms with Gasteiger partial charge in [-0.2, -0.15) is 0 Å². The van der Waals surface area contributed by atoms with Gasteiger partial charge in [-0.15, -0.1) is 0 Å². The van der Waals surface area contributed by atoms with E-state index in [-0.39, 0.29) is 12.1 Å². The number of cyclic esters (lactones) is 1. The normalized spacial score (nSPS) is 23.1. The maximum atomic E-state index is 10.2. The number of carbonyl (C=O) groups excluding carboxylic acids is 1. The van der Waals surface area contributed by atoms with Gasteiger partial charge in [-0.3, -0.25) is 4.79 Å². The molecular weight excluding hydrogens is 130 g/mol. The average molecular weight is 145 g/mol. The number of nitrogens with one attached hydrogen (secondary N) is 1. The lowest BCUT2D eigenvalue weighted by atomic mass is 10.3. The van der Waals surface area contributed by atoms with Crippen LogP contribution in [0.5, 0.6) is 0 Å². The molecule has 1 fully saturated rings. The zero-order chi connectivity index (χ0) is 7.98. The molecule has 0 aromatic rings. The predicted octanol–water partition coefficient (Wildman–Crippen LogP) is 0.547. The van der Waals surface area contributed by atoms with Gasteiger partial charge in [0.15, 0.2) is 0 Å². The van der Waals surface area contributed by atoms with Crippen LogP contribution < -0.4 is 5.32 Å². The molecule has 3 heteroatoms. The number of esters is 1. The van der Waals surface area contributed by atoms with Gasteiger partial charge in [-0.1, -0.05) is 0 Å². The molecule has 1 N–H and O–H groups in total. The number of hydrogen-bond donors (Lipinski definition) is 1. The van der Waals surface area contributed by atoms with Gasteiger partial charge >= 0.3 is 5.97 Å². The third kappa shape index (κ3) is 4.32. The van der Waals surface area contributed by atoms with Crippen LogP contribution in [0.4, 0.5) is 0 Å². The molecule has 1 aliphatic rings. The molecule has 1 heterocycles. The first-order chi connectivity index (χ1) is 4.70. The van der Waals surface area contributed by atoms with Crippen molar-refractivity contribution < 1.29 is 9.53 Å². The second-order valence-electron chi connectivity index (χ2n) is 2.34. The average Bonchev–Trinajstić information content (AvgIpc) is 2.17. The minimum Gasteiger partial charge on any atom is -0.463 e. The maximum Gasteiger partial charge on any atom is 0.306 e. The third-order valence-electron chi connectivity index (χ3n) is 1.09. The van der Waals surface area contributed by atoms with Crippen molar-refractivity contribution in [2.24, 2.45) is 0 Å². The second-order valence-corrected chi connectivity index (χ2v) is 2.34. The Morgan fingerprint density at radius 2 is 2.10 bits per heavy atom. The summed E-state index contributed by atoms with van der Waals surface area (Å²) in [5, 5.41) is 2.75. The van der Waals surface area contributed by atoms with E-state index in [4.69, 9.17) is 4.74 Å². The van der Waals surface area contributed by atoms with Crippen molar-refractivity contribution >= 4 is 5.97 Å². The molecule has 60 valence electrons. The summed E-state index contributed by atoms with van der Waals surface area (Å²) in [6.45, 7) is 1.91. The molecule has 0 bridgehead atoms. The van der Waals surface area contributed by atoms with Gasteiger partial charge in [-0.05, 0) is 27.4 Å². The molecule has 0 amide bonds. The Hall–Kier alpha value is -0.570. The largest absolute Gasteiger partial charge is 0.463 e. The van der Waals surface area contributed by atoms with E-state index in [0.717, 1.165) is 6.42 Å². The number of carbonyl (C=O) groups is 1. The molecule has 1 aliphatic heterocycles. The van der Waals surface area contributed by atoms with Crippen LogP contribution in [-0.4, -0.2) is 26.2 Å². The van der Waals surface area contributed by atoms with Gasteiger partial charge in [0, 0.05) is 6.42 Å². The summed E-state index contributed by atoms with van der Waals surface area (Å²) in [5.41, 5.74) is 0. The van der Waals surface area contributed by atoms with E-state index in [1.54, 1.807) is 0 Å². The highest BCUT2D eigenvalue weighted by atomic mass is 16.5. The molecule has 1 saturated heterocycles. The van der Waals surface area contributed by atoms with Crippen LogP contribution in [-0.2, 0) is 9.53 Å². The van der Waals surface area contributed by atoms with E-state index in [0.29, 0.717) is 6.42 Å². The lowest BCUT2D eigenvalue weighted by molar-refractivity contribution is -0.140. The molecule has 0 radical (unpaired) electrons. The lowest BCUT2D eigenvalue weighted by Crippen LogP contribution is -1.98. The van der Waals surface area contributed by atoms with Crippen LogP contribution in [0.25, 0.3) is 0 Å². The molecule has 0 spiro atoms. The Balaban J connectivity index is 0.000000236. The van der Waals surface area contributed by atoms with Crippen LogP contribution in [0.3, 0.4) is 0 Å². The minimum atomic E-state index is -0.0486. The molecule has 1 unspecified atom stereocenters. The van der Waals surface area contributed by atoms with Gasteiger partial charge in [0.1, 0.15) is 0 Å². The van der Waals surface area contributed by atoms with Gasteiger partial charge in [0.05, 0.1) is 6.10 Å². The fraction of sp³-hybridized carbons (Fsp3) is 0.857. The van der Waals surface area contributed by atoms with Crippen molar-refractivity contribution in [2.75, 3.05) is 14.1 Å². The molecule has 0 aromatic heterocycles. The number of hydrogen-bond acceptors (Lipinski definition) is 3. The Bertz CT molecular complexity index is 104. The Morgan fingerprint density at radius 3 is 2.20 bits per heavy atom. The molecule has 1 rings (SSSR count). The summed E-state index contributed by atoms with van der Waals surface area (Å²) in [6.07, 6.45) is 1.69. The van der Waals surface area contributed by atoms with Crippen molar-refractivity contribution in [1.29, 1.82) is 0 Å². The highest BCUT2D eigenvalue weighted by molar-refractivity contribution is 5.71. The summed E-state index contributed by atoms with van der Waals surface area (Å²) in [7, 11) is 3.75. The standard InChI is InChI=1S/C5H8O2.C2H7N/c1-4-2-3-5(6)7-4;1-3-2/h4H,2-3H2,1H3;3H,1-2H3. The summed E-state index contributed by atoms with van der Waals surface area (Å²) in [4.78, 5) is 10.2. The predicted molar refractivity (Wildman–Crippen MR) is 39.8 cm³/mol. The molecule has 0 aromatic carbocycles. The summed E-state index contributed by atoms with van der Waals surface area (Å²) in [6, 6.07) is 0. The van der Waals surface area contributed by atoms with E-state index in [1.807, 2.05) is 21.0 Å². The highest BCUT2D eigenvalue weighted by Crippen LogP contribution is 2.11. The monoisotopic (exact) mass is 145 g/mol. The van der Waals surface area contributed by atoms with E-state index in [2.05, 4.69) is 5.32 Å². The first kappa shape index (κ1) is 9.43. The first-order valence-corrected chi connectivity index (χ1v) is 3.48. The first-order valence-electron chi connectivity index (χ1n) is 3.48.